The molecule has 0 saturated carbocycles. The zero-order valence-electron chi connectivity index (χ0n) is 12.4. The van der Waals surface area contributed by atoms with E-state index in [1.54, 1.807) is 11.3 Å². The second-order valence-electron chi connectivity index (χ2n) is 6.12. The van der Waals surface area contributed by atoms with Crippen LogP contribution in [0.1, 0.15) is 20.8 Å². The van der Waals surface area contributed by atoms with Gasteiger partial charge in [0.05, 0.1) is 28.4 Å². The standard InChI is InChI=1S/C14H19ClN4OS/c1-14(2,3)18-10-8-9-11(21-10)12(17-13(15)16-9)19-4-6-20-7-5-19/h8,18H,4-7H2,1-3H3. The first-order chi connectivity index (χ1) is 9.92. The Morgan fingerprint density at radius 2 is 2.00 bits per heavy atom. The average molecular weight is 327 g/mol. The molecule has 0 spiro atoms. The number of morpholine rings is 1. The van der Waals surface area contributed by atoms with E-state index in [9.17, 15) is 0 Å². The lowest BCUT2D eigenvalue weighted by Gasteiger charge is -2.28. The molecule has 0 radical (unpaired) electrons. The monoisotopic (exact) mass is 326 g/mol. The highest BCUT2D eigenvalue weighted by molar-refractivity contribution is 7.23. The molecule has 1 fully saturated rings. The summed E-state index contributed by atoms with van der Waals surface area (Å²) in [6, 6.07) is 2.04. The third-order valence-electron chi connectivity index (χ3n) is 3.14. The fourth-order valence-corrected chi connectivity index (χ4v) is 3.70. The summed E-state index contributed by atoms with van der Waals surface area (Å²) in [5.41, 5.74) is 0.908. The van der Waals surface area contributed by atoms with E-state index in [1.807, 2.05) is 6.07 Å². The fourth-order valence-electron chi connectivity index (χ4n) is 2.31. The summed E-state index contributed by atoms with van der Waals surface area (Å²) in [6.07, 6.45) is 0. The third-order valence-corrected chi connectivity index (χ3v) is 4.34. The van der Waals surface area contributed by atoms with Crippen LogP contribution in [0.2, 0.25) is 5.28 Å². The van der Waals surface area contributed by atoms with Gasteiger partial charge < -0.3 is 15.0 Å². The number of anilines is 2. The Hall–Kier alpha value is -1.11. The number of nitrogens with one attached hydrogen (secondary N) is 1. The molecule has 2 aromatic rings. The quantitative estimate of drug-likeness (QED) is 0.857. The minimum atomic E-state index is 0.0111. The first-order valence-corrected chi connectivity index (χ1v) is 8.20. The van der Waals surface area contributed by atoms with Crippen LogP contribution in [0.25, 0.3) is 10.2 Å². The molecule has 0 unspecified atom stereocenters. The van der Waals surface area contributed by atoms with Crippen molar-refractivity contribution in [1.29, 1.82) is 0 Å². The van der Waals surface area contributed by atoms with Crippen molar-refractivity contribution in [2.24, 2.45) is 0 Å². The Bertz CT molecular complexity index is 646. The Morgan fingerprint density at radius 1 is 1.29 bits per heavy atom. The zero-order chi connectivity index (χ0) is 15.0. The van der Waals surface area contributed by atoms with Gasteiger partial charge in [-0.1, -0.05) is 0 Å². The van der Waals surface area contributed by atoms with Gasteiger partial charge in [-0.25, -0.2) is 4.98 Å². The number of thiophene rings is 1. The molecule has 0 bridgehead atoms. The van der Waals surface area contributed by atoms with E-state index in [4.69, 9.17) is 16.3 Å². The van der Waals surface area contributed by atoms with Crippen LogP contribution in [-0.4, -0.2) is 41.8 Å². The molecule has 5 nitrogen and oxygen atoms in total. The molecule has 1 saturated heterocycles. The van der Waals surface area contributed by atoms with Gasteiger partial charge in [-0.15, -0.1) is 11.3 Å². The number of nitrogens with zero attached hydrogens (tertiary/aromatic N) is 3. The number of hydrogen-bond donors (Lipinski definition) is 1. The van der Waals surface area contributed by atoms with Crippen LogP contribution in [0.3, 0.4) is 0 Å². The minimum Gasteiger partial charge on any atom is -0.378 e. The van der Waals surface area contributed by atoms with Crippen molar-refractivity contribution in [3.8, 4) is 0 Å². The van der Waals surface area contributed by atoms with E-state index in [0.29, 0.717) is 5.28 Å². The molecule has 3 rings (SSSR count). The SMILES string of the molecule is CC(C)(C)Nc1cc2nc(Cl)nc(N3CCOCC3)c2s1. The maximum atomic E-state index is 6.09. The summed E-state index contributed by atoms with van der Waals surface area (Å²) < 4.78 is 6.48. The molecule has 1 aliphatic heterocycles. The zero-order valence-corrected chi connectivity index (χ0v) is 14.0. The summed E-state index contributed by atoms with van der Waals surface area (Å²) in [5.74, 6) is 0.917. The summed E-state index contributed by atoms with van der Waals surface area (Å²) in [6.45, 7) is 9.53. The Kier molecular flexibility index (Phi) is 3.94. The number of hydrogen-bond acceptors (Lipinski definition) is 6. The van der Waals surface area contributed by atoms with Gasteiger partial charge in [0.25, 0.3) is 0 Å². The lowest BCUT2D eigenvalue weighted by atomic mass is 10.1. The van der Waals surface area contributed by atoms with Gasteiger partial charge in [-0.05, 0) is 38.4 Å². The number of rotatable bonds is 2. The van der Waals surface area contributed by atoms with Gasteiger partial charge in [0, 0.05) is 18.6 Å². The first-order valence-electron chi connectivity index (χ1n) is 7.00. The predicted octanol–water partition coefficient (Wildman–Crippen LogP) is 3.39. The average Bonchev–Trinajstić information content (AvgIpc) is 2.78. The largest absolute Gasteiger partial charge is 0.378 e. The molecule has 0 aliphatic carbocycles. The smallest absolute Gasteiger partial charge is 0.224 e. The van der Waals surface area contributed by atoms with Crippen molar-refractivity contribution in [2.45, 2.75) is 26.3 Å². The number of fused-ring (bicyclic) bond motifs is 1. The second-order valence-corrected chi connectivity index (χ2v) is 7.51. The molecular formula is C14H19ClN4OS. The number of halogens is 1. The molecular weight excluding hydrogens is 308 g/mol. The van der Waals surface area contributed by atoms with Gasteiger partial charge in [-0.2, -0.15) is 4.98 Å². The van der Waals surface area contributed by atoms with E-state index in [1.165, 1.54) is 0 Å². The minimum absolute atomic E-state index is 0.0111. The van der Waals surface area contributed by atoms with Crippen molar-refractivity contribution < 1.29 is 4.74 Å². The molecule has 2 aromatic heterocycles. The Labute approximate surface area is 133 Å². The maximum absolute atomic E-state index is 6.09. The molecule has 0 amide bonds. The van der Waals surface area contributed by atoms with Crippen molar-refractivity contribution >= 4 is 44.0 Å². The van der Waals surface area contributed by atoms with Crippen LogP contribution in [-0.2, 0) is 4.74 Å². The molecule has 0 atom stereocenters. The van der Waals surface area contributed by atoms with Crippen LogP contribution in [0.4, 0.5) is 10.8 Å². The summed E-state index contributed by atoms with van der Waals surface area (Å²) in [7, 11) is 0. The highest BCUT2D eigenvalue weighted by atomic mass is 35.5. The van der Waals surface area contributed by atoms with Crippen molar-refractivity contribution in [2.75, 3.05) is 36.5 Å². The van der Waals surface area contributed by atoms with Crippen LogP contribution in [0.5, 0.6) is 0 Å². The van der Waals surface area contributed by atoms with Gasteiger partial charge in [0.15, 0.2) is 5.82 Å². The van der Waals surface area contributed by atoms with E-state index < -0.39 is 0 Å². The van der Waals surface area contributed by atoms with Crippen LogP contribution in [0, 0.1) is 0 Å². The highest BCUT2D eigenvalue weighted by Crippen LogP contribution is 2.36. The molecule has 1 aliphatic rings. The summed E-state index contributed by atoms with van der Waals surface area (Å²) >= 11 is 7.77. The fraction of sp³-hybridized carbons (Fsp3) is 0.571. The Balaban J connectivity index is 2.02. The first kappa shape index (κ1) is 14.8. The second kappa shape index (κ2) is 5.59. The highest BCUT2D eigenvalue weighted by Gasteiger charge is 2.20. The van der Waals surface area contributed by atoms with Crippen molar-refractivity contribution in [1.82, 2.24) is 9.97 Å². The Morgan fingerprint density at radius 3 is 2.67 bits per heavy atom. The third kappa shape index (κ3) is 3.39. The van der Waals surface area contributed by atoms with Crippen LogP contribution >= 0.6 is 22.9 Å². The molecule has 0 aromatic carbocycles. The summed E-state index contributed by atoms with van der Waals surface area (Å²) in [5, 5.41) is 4.87. The topological polar surface area (TPSA) is 50.3 Å². The molecule has 7 heteroatoms. The molecule has 3 heterocycles. The summed E-state index contributed by atoms with van der Waals surface area (Å²) in [4.78, 5) is 11.0. The lowest BCUT2D eigenvalue weighted by molar-refractivity contribution is 0.122. The van der Waals surface area contributed by atoms with Crippen LogP contribution in [0.15, 0.2) is 6.07 Å². The van der Waals surface area contributed by atoms with E-state index in [-0.39, 0.29) is 5.54 Å². The number of ether oxygens (including phenoxy) is 1. The number of aromatic nitrogens is 2. The molecule has 114 valence electrons. The maximum Gasteiger partial charge on any atom is 0.224 e. The lowest BCUT2D eigenvalue weighted by Crippen LogP contribution is -2.36. The van der Waals surface area contributed by atoms with Crippen molar-refractivity contribution in [3.05, 3.63) is 11.3 Å². The van der Waals surface area contributed by atoms with Gasteiger partial charge in [0.2, 0.25) is 5.28 Å². The van der Waals surface area contributed by atoms with E-state index >= 15 is 0 Å². The normalized spacial score (nSPS) is 16.5. The van der Waals surface area contributed by atoms with E-state index in [0.717, 1.165) is 47.3 Å². The van der Waals surface area contributed by atoms with Gasteiger partial charge in [0.1, 0.15) is 0 Å². The van der Waals surface area contributed by atoms with Gasteiger partial charge >= 0.3 is 0 Å². The molecule has 21 heavy (non-hydrogen) atoms. The predicted molar refractivity (Wildman–Crippen MR) is 88.8 cm³/mol. The molecule has 1 N–H and O–H groups in total. The van der Waals surface area contributed by atoms with Crippen LogP contribution < -0.4 is 10.2 Å². The van der Waals surface area contributed by atoms with E-state index in [2.05, 4.69) is 41.0 Å². The van der Waals surface area contributed by atoms with Gasteiger partial charge in [-0.3, -0.25) is 0 Å². The van der Waals surface area contributed by atoms with Crippen molar-refractivity contribution in [3.63, 3.8) is 0 Å².